The number of carbonyl (C=O) groups excluding carboxylic acids is 4. The smallest absolute Gasteiger partial charge is 0.408 e. The van der Waals surface area contributed by atoms with E-state index < -0.39 is 54.5 Å². The molecule has 1 aromatic carbocycles. The zero-order valence-corrected chi connectivity index (χ0v) is 21.6. The summed E-state index contributed by atoms with van der Waals surface area (Å²) in [7, 11) is 0. The topological polar surface area (TPSA) is 151 Å². The predicted molar refractivity (Wildman–Crippen MR) is 132 cm³/mol. The van der Waals surface area contributed by atoms with Gasteiger partial charge in [0, 0.05) is 13.1 Å². The fourth-order valence-corrected chi connectivity index (χ4v) is 3.52. The van der Waals surface area contributed by atoms with E-state index >= 15 is 0 Å². The summed E-state index contributed by atoms with van der Waals surface area (Å²) in [6.07, 6.45) is 0.214. The van der Waals surface area contributed by atoms with Crippen LogP contribution in [-0.2, 0) is 19.1 Å². The molecule has 1 rings (SSSR count). The van der Waals surface area contributed by atoms with Crippen LogP contribution in [0, 0.1) is 13.8 Å². The fourth-order valence-electron chi connectivity index (χ4n) is 3.52. The number of hydrogen-bond acceptors (Lipinski definition) is 6. The van der Waals surface area contributed by atoms with E-state index in [-0.39, 0.29) is 6.54 Å². The van der Waals surface area contributed by atoms with Crippen LogP contribution < -0.4 is 16.4 Å². The van der Waals surface area contributed by atoms with Crippen LogP contribution >= 0.6 is 0 Å². The van der Waals surface area contributed by atoms with Crippen molar-refractivity contribution in [3.05, 3.63) is 34.9 Å². The molecule has 0 fully saturated rings. The third-order valence-electron chi connectivity index (χ3n) is 5.14. The Kier molecular flexibility index (Phi) is 11.7. The Balaban J connectivity index is 3.47. The van der Waals surface area contributed by atoms with Gasteiger partial charge in [-0.3, -0.25) is 14.4 Å². The Bertz CT molecular complexity index is 896. The van der Waals surface area contributed by atoms with E-state index in [1.807, 2.05) is 32.9 Å². The first-order chi connectivity index (χ1) is 16.3. The molecule has 4 amide bonds. The molecule has 2 unspecified atom stereocenters. The SMILES string of the molecule is CCCCNC(=O)C(c1cc(C)ccc1C)N(CCO)C(=O)C(CC(N)=O)NC(=O)OC(C)(C)C. The molecular formula is C25H40N4O6. The van der Waals surface area contributed by atoms with Crippen molar-refractivity contribution in [2.24, 2.45) is 5.73 Å². The minimum Gasteiger partial charge on any atom is -0.444 e. The number of aliphatic hydroxyl groups excluding tert-OH is 1. The largest absolute Gasteiger partial charge is 0.444 e. The molecule has 0 aliphatic rings. The van der Waals surface area contributed by atoms with Crippen molar-refractivity contribution >= 4 is 23.8 Å². The maximum Gasteiger partial charge on any atom is 0.408 e. The Hall–Kier alpha value is -3.14. The maximum atomic E-state index is 13.7. The van der Waals surface area contributed by atoms with E-state index in [0.29, 0.717) is 12.1 Å². The van der Waals surface area contributed by atoms with Gasteiger partial charge in [-0.05, 0) is 52.2 Å². The number of alkyl carbamates (subject to hydrolysis) is 1. The highest BCUT2D eigenvalue weighted by molar-refractivity contribution is 5.94. The van der Waals surface area contributed by atoms with Crippen LogP contribution in [-0.4, -0.2) is 65.2 Å². The molecule has 0 saturated heterocycles. The number of carbonyl (C=O) groups is 4. The highest BCUT2D eigenvalue weighted by atomic mass is 16.6. The van der Waals surface area contributed by atoms with Gasteiger partial charge in [-0.15, -0.1) is 0 Å². The molecule has 0 aromatic heterocycles. The zero-order valence-electron chi connectivity index (χ0n) is 21.6. The van der Waals surface area contributed by atoms with Gasteiger partial charge < -0.3 is 31.1 Å². The second-order valence-corrected chi connectivity index (χ2v) is 9.53. The highest BCUT2D eigenvalue weighted by Gasteiger charge is 2.37. The molecule has 10 heteroatoms. The quantitative estimate of drug-likeness (QED) is 0.327. The maximum absolute atomic E-state index is 13.7. The number of hydrogen-bond donors (Lipinski definition) is 4. The van der Waals surface area contributed by atoms with Gasteiger partial charge in [0.2, 0.25) is 17.7 Å². The van der Waals surface area contributed by atoms with Crippen molar-refractivity contribution in [1.29, 1.82) is 0 Å². The van der Waals surface area contributed by atoms with Crippen molar-refractivity contribution in [3.8, 4) is 0 Å². The third kappa shape index (κ3) is 9.94. The number of nitrogens with zero attached hydrogens (tertiary/aromatic N) is 1. The number of aliphatic hydroxyl groups is 1. The first-order valence-corrected chi connectivity index (χ1v) is 11.8. The van der Waals surface area contributed by atoms with Crippen LogP contribution in [0.2, 0.25) is 0 Å². The number of ether oxygens (including phenoxy) is 1. The molecule has 0 bridgehead atoms. The van der Waals surface area contributed by atoms with Crippen LogP contribution in [0.5, 0.6) is 0 Å². The summed E-state index contributed by atoms with van der Waals surface area (Å²) >= 11 is 0. The normalized spacial score (nSPS) is 12.9. The van der Waals surface area contributed by atoms with Crippen LogP contribution in [0.1, 0.15) is 69.7 Å². The van der Waals surface area contributed by atoms with E-state index in [4.69, 9.17) is 10.5 Å². The Morgan fingerprint density at radius 3 is 2.37 bits per heavy atom. The molecule has 0 heterocycles. The summed E-state index contributed by atoms with van der Waals surface area (Å²) in [6, 6.07) is 3.07. The van der Waals surface area contributed by atoms with Gasteiger partial charge >= 0.3 is 6.09 Å². The number of aryl methyl sites for hydroxylation is 2. The van der Waals surface area contributed by atoms with Gasteiger partial charge in [0.25, 0.3) is 0 Å². The average Bonchev–Trinajstić information content (AvgIpc) is 2.73. The second-order valence-electron chi connectivity index (χ2n) is 9.53. The summed E-state index contributed by atoms with van der Waals surface area (Å²) in [4.78, 5) is 52.4. The number of amides is 4. The number of unbranched alkanes of at least 4 members (excludes halogenated alkanes) is 1. The standard InChI is InChI=1S/C25H40N4O6/c1-7-8-11-27-22(32)21(18-14-16(2)9-10-17(18)3)29(12-13-30)23(33)19(15-20(26)31)28-24(34)35-25(4,5)6/h9-10,14,19,21,30H,7-8,11-13,15H2,1-6H3,(H2,26,31)(H,27,32)(H,28,34). The molecule has 5 N–H and O–H groups in total. The first-order valence-electron chi connectivity index (χ1n) is 11.8. The monoisotopic (exact) mass is 492 g/mol. The fraction of sp³-hybridized carbons (Fsp3) is 0.600. The van der Waals surface area contributed by atoms with E-state index in [0.717, 1.165) is 24.0 Å². The van der Waals surface area contributed by atoms with Gasteiger partial charge in [-0.25, -0.2) is 4.79 Å². The Labute approximate surface area is 207 Å². The van der Waals surface area contributed by atoms with Crippen molar-refractivity contribution in [3.63, 3.8) is 0 Å². The first kappa shape index (κ1) is 29.9. The molecule has 0 spiro atoms. The van der Waals surface area contributed by atoms with E-state index in [1.54, 1.807) is 26.8 Å². The molecule has 1 aromatic rings. The minimum atomic E-state index is -1.38. The minimum absolute atomic E-state index is 0.205. The Morgan fingerprint density at radius 2 is 1.83 bits per heavy atom. The molecule has 0 aliphatic heterocycles. The van der Waals surface area contributed by atoms with E-state index in [9.17, 15) is 24.3 Å². The number of rotatable bonds is 12. The lowest BCUT2D eigenvalue weighted by Gasteiger charge is -2.34. The Morgan fingerprint density at radius 1 is 1.17 bits per heavy atom. The average molecular weight is 493 g/mol. The molecule has 0 aliphatic carbocycles. The lowest BCUT2D eigenvalue weighted by Crippen LogP contribution is -2.54. The summed E-state index contributed by atoms with van der Waals surface area (Å²) in [5, 5.41) is 15.0. The van der Waals surface area contributed by atoms with Gasteiger partial charge in [0.05, 0.1) is 13.0 Å². The summed E-state index contributed by atoms with van der Waals surface area (Å²) in [5.41, 5.74) is 6.75. The van der Waals surface area contributed by atoms with Gasteiger partial charge in [0.15, 0.2) is 0 Å². The highest BCUT2D eigenvalue weighted by Crippen LogP contribution is 2.27. The summed E-state index contributed by atoms with van der Waals surface area (Å²) in [6.45, 7) is 10.4. The van der Waals surface area contributed by atoms with Crippen molar-refractivity contribution in [2.75, 3.05) is 19.7 Å². The molecule has 10 nitrogen and oxygen atoms in total. The molecule has 0 radical (unpaired) electrons. The van der Waals surface area contributed by atoms with Crippen LogP contribution in [0.15, 0.2) is 18.2 Å². The number of nitrogens with one attached hydrogen (secondary N) is 2. The second kappa shape index (κ2) is 13.7. The van der Waals surface area contributed by atoms with Crippen molar-refractivity contribution in [2.45, 2.75) is 78.5 Å². The molecular weight excluding hydrogens is 452 g/mol. The molecule has 35 heavy (non-hydrogen) atoms. The number of primary amides is 1. The van der Waals surface area contributed by atoms with E-state index in [2.05, 4.69) is 10.6 Å². The summed E-state index contributed by atoms with van der Waals surface area (Å²) in [5.74, 6) is -1.98. The van der Waals surface area contributed by atoms with Gasteiger partial charge in [-0.2, -0.15) is 0 Å². The van der Waals surface area contributed by atoms with E-state index in [1.165, 1.54) is 4.90 Å². The molecule has 0 saturated carbocycles. The number of benzene rings is 1. The number of nitrogens with two attached hydrogens (primary N) is 1. The van der Waals surface area contributed by atoms with Gasteiger partial charge in [0.1, 0.15) is 17.7 Å². The van der Waals surface area contributed by atoms with Crippen LogP contribution in [0.25, 0.3) is 0 Å². The van der Waals surface area contributed by atoms with Crippen LogP contribution in [0.3, 0.4) is 0 Å². The van der Waals surface area contributed by atoms with Crippen LogP contribution in [0.4, 0.5) is 4.79 Å². The summed E-state index contributed by atoms with van der Waals surface area (Å²) < 4.78 is 5.23. The van der Waals surface area contributed by atoms with Crippen molar-refractivity contribution < 1.29 is 29.0 Å². The molecule has 2 atom stereocenters. The van der Waals surface area contributed by atoms with Crippen molar-refractivity contribution in [1.82, 2.24) is 15.5 Å². The lowest BCUT2D eigenvalue weighted by molar-refractivity contribution is -0.143. The lowest BCUT2D eigenvalue weighted by atomic mass is 9.96. The zero-order chi connectivity index (χ0) is 26.8. The predicted octanol–water partition coefficient (Wildman–Crippen LogP) is 1.85. The molecule has 196 valence electrons. The third-order valence-corrected chi connectivity index (χ3v) is 5.14. The van der Waals surface area contributed by atoms with Gasteiger partial charge in [-0.1, -0.05) is 37.1 Å².